The molecule has 0 saturated heterocycles. The van der Waals surface area contributed by atoms with E-state index in [1.165, 1.54) is 6.42 Å². The molecule has 0 aromatic heterocycles. The molecule has 1 fully saturated rings. The molecule has 0 amide bonds. The molecule has 0 radical (unpaired) electrons. The Labute approximate surface area is 73.6 Å². The first-order chi connectivity index (χ1) is 5.73. The van der Waals surface area contributed by atoms with E-state index in [0.717, 1.165) is 25.7 Å². The van der Waals surface area contributed by atoms with Crippen molar-refractivity contribution in [3.05, 3.63) is 0 Å². The van der Waals surface area contributed by atoms with Crippen LogP contribution in [0, 0.1) is 5.92 Å². The summed E-state index contributed by atoms with van der Waals surface area (Å²) in [6.07, 6.45) is 5.39. The molecule has 0 unspecified atom stereocenters. The van der Waals surface area contributed by atoms with Crippen molar-refractivity contribution in [2.24, 2.45) is 11.7 Å². The smallest absolute Gasteiger partial charge is 0.0498 e. The highest BCUT2D eigenvalue weighted by atomic mass is 16.3. The topological polar surface area (TPSA) is 66.5 Å². The lowest BCUT2D eigenvalue weighted by Gasteiger charge is -2.38. The zero-order chi connectivity index (χ0) is 9.03. The molecule has 1 aliphatic rings. The van der Waals surface area contributed by atoms with Gasteiger partial charge in [-0.3, -0.25) is 0 Å². The summed E-state index contributed by atoms with van der Waals surface area (Å²) in [5.41, 5.74) is 5.80. The van der Waals surface area contributed by atoms with E-state index in [2.05, 4.69) is 0 Å². The maximum absolute atomic E-state index is 9.00. The molecule has 0 aromatic carbocycles. The largest absolute Gasteiger partial charge is 0.396 e. The predicted octanol–water partition coefficient (Wildman–Crippen LogP) is 0.249. The summed E-state index contributed by atoms with van der Waals surface area (Å²) in [7, 11) is 0. The maximum atomic E-state index is 9.00. The zero-order valence-corrected chi connectivity index (χ0v) is 7.50. The summed E-state index contributed by atoms with van der Waals surface area (Å²) in [4.78, 5) is 0. The second kappa shape index (κ2) is 4.21. The number of aliphatic hydroxyl groups is 2. The van der Waals surface area contributed by atoms with Crippen LogP contribution in [0.2, 0.25) is 0 Å². The summed E-state index contributed by atoms with van der Waals surface area (Å²) in [5, 5.41) is 18.0. The minimum atomic E-state index is -0.304. The maximum Gasteiger partial charge on any atom is 0.0498 e. The Morgan fingerprint density at radius 1 is 1.08 bits per heavy atom. The monoisotopic (exact) mass is 173 g/mol. The van der Waals surface area contributed by atoms with E-state index in [1.54, 1.807) is 0 Å². The van der Waals surface area contributed by atoms with Crippen LogP contribution in [0.4, 0.5) is 0 Å². The Bertz CT molecular complexity index is 128. The Kier molecular flexibility index (Phi) is 3.50. The van der Waals surface area contributed by atoms with Crippen LogP contribution in [0.15, 0.2) is 0 Å². The van der Waals surface area contributed by atoms with Gasteiger partial charge in [0.1, 0.15) is 0 Å². The molecule has 0 heterocycles. The fourth-order valence-electron chi connectivity index (χ4n) is 2.04. The number of nitrogens with two attached hydrogens (primary N) is 1. The zero-order valence-electron chi connectivity index (χ0n) is 7.50. The van der Waals surface area contributed by atoms with Gasteiger partial charge in [0.05, 0.1) is 0 Å². The van der Waals surface area contributed by atoms with Crippen molar-refractivity contribution in [2.45, 2.75) is 37.6 Å². The van der Waals surface area contributed by atoms with Gasteiger partial charge in [0.25, 0.3) is 0 Å². The molecule has 0 aliphatic heterocycles. The molecule has 0 spiro atoms. The van der Waals surface area contributed by atoms with E-state index in [9.17, 15) is 0 Å². The summed E-state index contributed by atoms with van der Waals surface area (Å²) in [6, 6.07) is 0. The number of hydrogen-bond donors (Lipinski definition) is 3. The molecule has 1 aliphatic carbocycles. The van der Waals surface area contributed by atoms with Crippen LogP contribution in [-0.4, -0.2) is 29.0 Å². The molecule has 0 atom stereocenters. The minimum Gasteiger partial charge on any atom is -0.396 e. The molecule has 0 bridgehead atoms. The van der Waals surface area contributed by atoms with Gasteiger partial charge in [0, 0.05) is 24.7 Å². The fraction of sp³-hybridized carbons (Fsp3) is 1.00. The number of rotatable bonds is 3. The van der Waals surface area contributed by atoms with Crippen LogP contribution in [0.3, 0.4) is 0 Å². The van der Waals surface area contributed by atoms with Gasteiger partial charge in [0.15, 0.2) is 0 Å². The van der Waals surface area contributed by atoms with E-state index in [1.807, 2.05) is 0 Å². The third-order valence-electron chi connectivity index (χ3n) is 3.04. The third-order valence-corrected chi connectivity index (χ3v) is 3.04. The van der Waals surface area contributed by atoms with E-state index >= 15 is 0 Å². The summed E-state index contributed by atoms with van der Waals surface area (Å²) in [6.45, 7) is 0.0139. The molecule has 1 saturated carbocycles. The van der Waals surface area contributed by atoms with Crippen molar-refractivity contribution in [1.29, 1.82) is 0 Å². The summed E-state index contributed by atoms with van der Waals surface area (Å²) < 4.78 is 0. The quantitative estimate of drug-likeness (QED) is 0.573. The van der Waals surface area contributed by atoms with Gasteiger partial charge in [-0.15, -0.1) is 0 Å². The predicted molar refractivity (Wildman–Crippen MR) is 47.7 cm³/mol. The molecular weight excluding hydrogens is 154 g/mol. The standard InChI is InChI=1S/C9H19NO2/c10-9(8(6-11)7-12)4-2-1-3-5-9/h8,11-12H,1-7,10H2. The Morgan fingerprint density at radius 3 is 2.00 bits per heavy atom. The Balaban J connectivity index is 2.53. The number of aliphatic hydroxyl groups excluding tert-OH is 2. The first kappa shape index (κ1) is 9.96. The summed E-state index contributed by atoms with van der Waals surface area (Å²) in [5.74, 6) is -0.127. The summed E-state index contributed by atoms with van der Waals surface area (Å²) >= 11 is 0. The second-order valence-electron chi connectivity index (χ2n) is 3.86. The molecule has 4 N–H and O–H groups in total. The average Bonchev–Trinajstić information content (AvgIpc) is 2.07. The van der Waals surface area contributed by atoms with Crippen molar-refractivity contribution in [3.8, 4) is 0 Å². The molecule has 12 heavy (non-hydrogen) atoms. The van der Waals surface area contributed by atoms with E-state index in [4.69, 9.17) is 15.9 Å². The van der Waals surface area contributed by atoms with E-state index in [0.29, 0.717) is 0 Å². The highest BCUT2D eigenvalue weighted by Gasteiger charge is 2.34. The van der Waals surface area contributed by atoms with E-state index in [-0.39, 0.29) is 24.7 Å². The van der Waals surface area contributed by atoms with Crippen LogP contribution in [0.1, 0.15) is 32.1 Å². The highest BCUT2D eigenvalue weighted by Crippen LogP contribution is 2.31. The van der Waals surface area contributed by atoms with Crippen LogP contribution in [0.5, 0.6) is 0 Å². The Hall–Kier alpha value is -0.120. The van der Waals surface area contributed by atoms with Crippen LogP contribution < -0.4 is 5.73 Å². The first-order valence-corrected chi connectivity index (χ1v) is 4.73. The molecule has 72 valence electrons. The molecule has 1 rings (SSSR count). The minimum absolute atomic E-state index is 0.00694. The van der Waals surface area contributed by atoms with Crippen molar-refractivity contribution in [3.63, 3.8) is 0 Å². The van der Waals surface area contributed by atoms with Crippen molar-refractivity contribution >= 4 is 0 Å². The van der Waals surface area contributed by atoms with Gasteiger partial charge in [0.2, 0.25) is 0 Å². The molecule has 3 nitrogen and oxygen atoms in total. The van der Waals surface area contributed by atoms with Crippen molar-refractivity contribution in [2.75, 3.05) is 13.2 Å². The molecule has 3 heteroatoms. The molecular formula is C9H19NO2. The lowest BCUT2D eigenvalue weighted by Crippen LogP contribution is -2.51. The highest BCUT2D eigenvalue weighted by molar-refractivity contribution is 4.92. The first-order valence-electron chi connectivity index (χ1n) is 4.73. The van der Waals surface area contributed by atoms with Crippen LogP contribution in [-0.2, 0) is 0 Å². The number of hydrogen-bond acceptors (Lipinski definition) is 3. The third kappa shape index (κ3) is 1.97. The lowest BCUT2D eigenvalue weighted by molar-refractivity contribution is 0.0680. The van der Waals surface area contributed by atoms with E-state index < -0.39 is 0 Å². The van der Waals surface area contributed by atoms with Gasteiger partial charge in [-0.05, 0) is 12.8 Å². The van der Waals surface area contributed by atoms with Crippen LogP contribution in [0.25, 0.3) is 0 Å². The van der Waals surface area contributed by atoms with Gasteiger partial charge in [-0.1, -0.05) is 19.3 Å². The SMILES string of the molecule is NC1(C(CO)CO)CCCCC1. The fourth-order valence-corrected chi connectivity index (χ4v) is 2.04. The van der Waals surface area contributed by atoms with Gasteiger partial charge in [-0.25, -0.2) is 0 Å². The average molecular weight is 173 g/mol. The van der Waals surface area contributed by atoms with Gasteiger partial charge in [-0.2, -0.15) is 0 Å². The van der Waals surface area contributed by atoms with Crippen molar-refractivity contribution < 1.29 is 10.2 Å². The van der Waals surface area contributed by atoms with Gasteiger partial charge >= 0.3 is 0 Å². The Morgan fingerprint density at radius 2 is 1.58 bits per heavy atom. The van der Waals surface area contributed by atoms with Crippen molar-refractivity contribution in [1.82, 2.24) is 0 Å². The molecule has 0 aromatic rings. The normalized spacial score (nSPS) is 23.0. The second-order valence-corrected chi connectivity index (χ2v) is 3.86. The lowest BCUT2D eigenvalue weighted by atomic mass is 9.74. The van der Waals surface area contributed by atoms with Crippen LogP contribution >= 0.6 is 0 Å². The van der Waals surface area contributed by atoms with Gasteiger partial charge < -0.3 is 15.9 Å².